The molecule has 2 aliphatic heterocycles. The van der Waals surface area contributed by atoms with Gasteiger partial charge in [0.2, 0.25) is 5.91 Å². The molecule has 6 nitrogen and oxygen atoms in total. The van der Waals surface area contributed by atoms with Gasteiger partial charge in [0.25, 0.3) is 5.91 Å². The van der Waals surface area contributed by atoms with Crippen molar-refractivity contribution in [2.24, 2.45) is 0 Å². The van der Waals surface area contributed by atoms with E-state index in [1.165, 1.54) is 22.5 Å². The van der Waals surface area contributed by atoms with Crippen LogP contribution in [0.5, 0.6) is 0 Å². The average Bonchev–Trinajstić information content (AvgIpc) is 3.11. The molecule has 0 aliphatic carbocycles. The third-order valence-corrected chi connectivity index (χ3v) is 6.10. The second-order valence-corrected chi connectivity index (χ2v) is 7.97. The second kappa shape index (κ2) is 7.78. The Morgan fingerprint density at radius 3 is 2.59 bits per heavy atom. The highest BCUT2D eigenvalue weighted by Crippen LogP contribution is 2.23. The lowest BCUT2D eigenvalue weighted by molar-refractivity contribution is -0.137. The third-order valence-electron chi connectivity index (χ3n) is 5.51. The standard InChI is InChI=1S/C20H24N4O2S/c1-22-12-16-6-3-2-5-15(16)11-18(22)20(26)24-8-4-7-23(9-10-24)19(25)17-13-27-14-21-17/h2-3,5-6,13-14,18H,4,7-12H2,1H3. The monoisotopic (exact) mass is 384 g/mol. The summed E-state index contributed by atoms with van der Waals surface area (Å²) < 4.78 is 0. The van der Waals surface area contributed by atoms with Crippen LogP contribution < -0.4 is 0 Å². The van der Waals surface area contributed by atoms with Crippen molar-refractivity contribution in [3.8, 4) is 0 Å². The molecule has 2 aliphatic rings. The van der Waals surface area contributed by atoms with Gasteiger partial charge in [-0.1, -0.05) is 24.3 Å². The Hall–Kier alpha value is -2.25. The van der Waals surface area contributed by atoms with E-state index in [2.05, 4.69) is 28.1 Å². The van der Waals surface area contributed by atoms with E-state index in [9.17, 15) is 9.59 Å². The Kier molecular flexibility index (Phi) is 5.22. The molecule has 1 fully saturated rings. The molecule has 7 heteroatoms. The van der Waals surface area contributed by atoms with Gasteiger partial charge in [0, 0.05) is 38.1 Å². The summed E-state index contributed by atoms with van der Waals surface area (Å²) in [6.07, 6.45) is 1.55. The van der Waals surface area contributed by atoms with Crippen molar-refractivity contribution < 1.29 is 9.59 Å². The molecule has 3 heterocycles. The van der Waals surface area contributed by atoms with Crippen LogP contribution in [0.2, 0.25) is 0 Å². The fraction of sp³-hybridized carbons (Fsp3) is 0.450. The zero-order valence-electron chi connectivity index (χ0n) is 15.5. The normalized spacial score (nSPS) is 20.9. The molecule has 1 aromatic heterocycles. The number of benzene rings is 1. The fourth-order valence-electron chi connectivity index (χ4n) is 3.96. The highest BCUT2D eigenvalue weighted by Gasteiger charge is 2.33. The lowest BCUT2D eigenvalue weighted by atomic mass is 9.93. The summed E-state index contributed by atoms with van der Waals surface area (Å²) in [6, 6.07) is 8.23. The zero-order valence-corrected chi connectivity index (χ0v) is 16.3. The van der Waals surface area contributed by atoms with Crippen molar-refractivity contribution in [3.05, 3.63) is 52.0 Å². The summed E-state index contributed by atoms with van der Waals surface area (Å²) in [5, 5.41) is 1.78. The van der Waals surface area contributed by atoms with E-state index in [4.69, 9.17) is 0 Å². The van der Waals surface area contributed by atoms with Crippen molar-refractivity contribution in [2.75, 3.05) is 33.2 Å². The average molecular weight is 385 g/mol. The van der Waals surface area contributed by atoms with E-state index < -0.39 is 0 Å². The van der Waals surface area contributed by atoms with Crippen LogP contribution >= 0.6 is 11.3 Å². The van der Waals surface area contributed by atoms with E-state index in [-0.39, 0.29) is 17.9 Å². The summed E-state index contributed by atoms with van der Waals surface area (Å²) in [7, 11) is 2.02. The largest absolute Gasteiger partial charge is 0.339 e. The summed E-state index contributed by atoms with van der Waals surface area (Å²) in [6.45, 7) is 3.32. The molecule has 1 saturated heterocycles. The first-order valence-electron chi connectivity index (χ1n) is 9.37. The summed E-state index contributed by atoms with van der Waals surface area (Å²) >= 11 is 1.43. The maximum atomic E-state index is 13.2. The molecule has 0 bridgehead atoms. The minimum Gasteiger partial charge on any atom is -0.339 e. The molecular weight excluding hydrogens is 360 g/mol. The summed E-state index contributed by atoms with van der Waals surface area (Å²) in [5.74, 6) is 0.143. The highest BCUT2D eigenvalue weighted by atomic mass is 32.1. The van der Waals surface area contributed by atoms with Crippen LogP contribution in [0, 0.1) is 0 Å². The van der Waals surface area contributed by atoms with Gasteiger partial charge in [-0.3, -0.25) is 14.5 Å². The van der Waals surface area contributed by atoms with E-state index in [1.54, 1.807) is 10.9 Å². The van der Waals surface area contributed by atoms with Gasteiger partial charge in [0.15, 0.2) is 0 Å². The lowest BCUT2D eigenvalue weighted by Crippen LogP contribution is -2.51. The molecule has 1 aromatic carbocycles. The van der Waals surface area contributed by atoms with E-state index in [0.29, 0.717) is 31.9 Å². The number of likely N-dealkylation sites (N-methyl/N-ethyl adjacent to an activating group) is 1. The van der Waals surface area contributed by atoms with Gasteiger partial charge >= 0.3 is 0 Å². The summed E-state index contributed by atoms with van der Waals surface area (Å²) in [5.41, 5.74) is 4.75. The number of amides is 2. The van der Waals surface area contributed by atoms with Gasteiger partial charge < -0.3 is 9.80 Å². The molecule has 1 atom stereocenters. The predicted octanol–water partition coefficient (Wildman–Crippen LogP) is 1.87. The smallest absolute Gasteiger partial charge is 0.273 e. The number of aromatic nitrogens is 1. The minimum absolute atomic E-state index is 0.0331. The Morgan fingerprint density at radius 1 is 1.07 bits per heavy atom. The van der Waals surface area contributed by atoms with Crippen LogP contribution in [-0.2, 0) is 17.8 Å². The van der Waals surface area contributed by atoms with Gasteiger partial charge in [-0.05, 0) is 31.0 Å². The molecule has 0 spiro atoms. The number of rotatable bonds is 2. The Balaban J connectivity index is 1.42. The van der Waals surface area contributed by atoms with Crippen LogP contribution in [0.1, 0.15) is 28.0 Å². The van der Waals surface area contributed by atoms with Crippen molar-refractivity contribution in [1.29, 1.82) is 0 Å². The molecule has 4 rings (SSSR count). The summed E-state index contributed by atoms with van der Waals surface area (Å²) in [4.78, 5) is 35.8. The van der Waals surface area contributed by atoms with Crippen molar-refractivity contribution in [1.82, 2.24) is 19.7 Å². The molecule has 2 aromatic rings. The first-order valence-corrected chi connectivity index (χ1v) is 10.3. The van der Waals surface area contributed by atoms with Crippen LogP contribution in [-0.4, -0.2) is 70.8 Å². The molecule has 2 amide bonds. The second-order valence-electron chi connectivity index (χ2n) is 7.25. The molecule has 1 unspecified atom stereocenters. The Morgan fingerprint density at radius 2 is 1.81 bits per heavy atom. The first kappa shape index (κ1) is 18.1. The van der Waals surface area contributed by atoms with Crippen LogP contribution in [0.15, 0.2) is 35.2 Å². The molecule has 0 radical (unpaired) electrons. The van der Waals surface area contributed by atoms with Gasteiger partial charge in [0.05, 0.1) is 11.6 Å². The molecule has 142 valence electrons. The van der Waals surface area contributed by atoms with E-state index in [0.717, 1.165) is 19.4 Å². The van der Waals surface area contributed by atoms with E-state index >= 15 is 0 Å². The van der Waals surface area contributed by atoms with Crippen LogP contribution in [0.3, 0.4) is 0 Å². The molecular formula is C20H24N4O2S. The molecule has 0 saturated carbocycles. The maximum Gasteiger partial charge on any atom is 0.273 e. The van der Waals surface area contributed by atoms with Crippen LogP contribution in [0.25, 0.3) is 0 Å². The van der Waals surface area contributed by atoms with Crippen molar-refractivity contribution >= 4 is 23.2 Å². The lowest BCUT2D eigenvalue weighted by Gasteiger charge is -2.36. The predicted molar refractivity (Wildman–Crippen MR) is 105 cm³/mol. The van der Waals surface area contributed by atoms with Gasteiger partial charge in [0.1, 0.15) is 5.69 Å². The SMILES string of the molecule is CN1Cc2ccccc2CC1C(=O)N1CCCN(C(=O)c2cscn2)CC1. The zero-order chi connectivity index (χ0) is 18.8. The van der Waals surface area contributed by atoms with Gasteiger partial charge in [-0.2, -0.15) is 0 Å². The minimum atomic E-state index is -0.124. The van der Waals surface area contributed by atoms with Crippen molar-refractivity contribution in [3.63, 3.8) is 0 Å². The third kappa shape index (κ3) is 3.75. The number of thiazole rings is 1. The number of carbonyl (C=O) groups is 2. The van der Waals surface area contributed by atoms with E-state index in [1.807, 2.05) is 22.9 Å². The first-order chi connectivity index (χ1) is 13.1. The Bertz CT molecular complexity index is 823. The number of fused-ring (bicyclic) bond motifs is 1. The number of hydrogen-bond donors (Lipinski definition) is 0. The van der Waals surface area contributed by atoms with Crippen molar-refractivity contribution in [2.45, 2.75) is 25.4 Å². The number of carbonyl (C=O) groups excluding carboxylic acids is 2. The van der Waals surface area contributed by atoms with Crippen LogP contribution in [0.4, 0.5) is 0 Å². The van der Waals surface area contributed by atoms with Gasteiger partial charge in [-0.15, -0.1) is 11.3 Å². The topological polar surface area (TPSA) is 56.8 Å². The maximum absolute atomic E-state index is 13.2. The Labute approximate surface area is 163 Å². The van der Waals surface area contributed by atoms with Gasteiger partial charge in [-0.25, -0.2) is 4.98 Å². The number of hydrogen-bond acceptors (Lipinski definition) is 5. The number of nitrogens with zero attached hydrogens (tertiary/aromatic N) is 4. The fourth-order valence-corrected chi connectivity index (χ4v) is 4.49. The molecule has 27 heavy (non-hydrogen) atoms. The molecule has 0 N–H and O–H groups in total. The quantitative estimate of drug-likeness (QED) is 0.793. The highest BCUT2D eigenvalue weighted by molar-refractivity contribution is 7.07.